The lowest BCUT2D eigenvalue weighted by molar-refractivity contribution is -0.447. The summed E-state index contributed by atoms with van der Waals surface area (Å²) in [5, 5.41) is 0. The molecular formula is C4H8NO2+. The van der Waals surface area contributed by atoms with E-state index in [4.69, 9.17) is 0 Å². The fourth-order valence-electron chi connectivity index (χ4n) is 0.472. The third kappa shape index (κ3) is 0.489. The zero-order chi connectivity index (χ0) is 5.44. The third-order valence-electron chi connectivity index (χ3n) is 1.17. The van der Waals surface area contributed by atoms with Gasteiger partial charge in [0.15, 0.2) is 6.10 Å². The van der Waals surface area contributed by atoms with Gasteiger partial charge in [-0.25, -0.2) is 4.79 Å². The molecule has 0 amide bonds. The number of cyclic esters (lactones) is 1. The number of quaternary nitrogens is 1. The van der Waals surface area contributed by atoms with Crippen molar-refractivity contribution in [2.45, 2.75) is 19.1 Å². The van der Waals surface area contributed by atoms with Gasteiger partial charge in [-0.05, 0) is 6.92 Å². The van der Waals surface area contributed by atoms with Crippen molar-refractivity contribution in [3.63, 3.8) is 0 Å². The summed E-state index contributed by atoms with van der Waals surface area (Å²) in [6, 6.07) is -0.111. The first-order chi connectivity index (χ1) is 3.22. The number of hydrogen-bond acceptors (Lipinski definition) is 2. The summed E-state index contributed by atoms with van der Waals surface area (Å²) < 4.78 is 4.55. The van der Waals surface area contributed by atoms with Crippen molar-refractivity contribution < 1.29 is 15.3 Å². The first kappa shape index (κ1) is 4.59. The van der Waals surface area contributed by atoms with Gasteiger partial charge < -0.3 is 10.5 Å². The van der Waals surface area contributed by atoms with Gasteiger partial charge in [-0.1, -0.05) is 0 Å². The molecule has 0 saturated carbocycles. The Bertz CT molecular complexity index is 102. The number of carbonyl (C=O) groups is 1. The Labute approximate surface area is 41.4 Å². The SMILES string of the molecule is C[C@@H]1OC(=O)[C@@H]1[NH3+]. The van der Waals surface area contributed by atoms with E-state index in [0.29, 0.717) is 0 Å². The van der Waals surface area contributed by atoms with Gasteiger partial charge in [-0.2, -0.15) is 0 Å². The Balaban J connectivity index is 2.43. The second kappa shape index (κ2) is 1.20. The van der Waals surface area contributed by atoms with Crippen molar-refractivity contribution in [1.29, 1.82) is 0 Å². The summed E-state index contributed by atoms with van der Waals surface area (Å²) in [6.45, 7) is 1.83. The Morgan fingerprint density at radius 3 is 2.43 bits per heavy atom. The van der Waals surface area contributed by atoms with Crippen LogP contribution in [0.2, 0.25) is 0 Å². The van der Waals surface area contributed by atoms with Crippen LogP contribution in [-0.4, -0.2) is 18.1 Å². The van der Waals surface area contributed by atoms with E-state index >= 15 is 0 Å². The van der Waals surface area contributed by atoms with Gasteiger partial charge >= 0.3 is 5.97 Å². The van der Waals surface area contributed by atoms with Gasteiger partial charge in [-0.3, -0.25) is 0 Å². The highest BCUT2D eigenvalue weighted by Gasteiger charge is 2.39. The predicted octanol–water partition coefficient (Wildman–Crippen LogP) is -1.46. The molecule has 1 aliphatic rings. The van der Waals surface area contributed by atoms with Gasteiger partial charge in [0.2, 0.25) is 6.04 Å². The van der Waals surface area contributed by atoms with Crippen molar-refractivity contribution >= 4 is 5.97 Å². The lowest BCUT2D eigenvalue weighted by atomic mass is 10.1. The molecular weight excluding hydrogens is 94.0 g/mol. The normalized spacial score (nSPS) is 39.4. The van der Waals surface area contributed by atoms with Crippen LogP contribution in [0.3, 0.4) is 0 Å². The smallest absolute Gasteiger partial charge is 0.369 e. The lowest BCUT2D eigenvalue weighted by Crippen LogP contribution is -2.76. The van der Waals surface area contributed by atoms with Crippen LogP contribution < -0.4 is 5.73 Å². The van der Waals surface area contributed by atoms with Crippen LogP contribution in [0.15, 0.2) is 0 Å². The Morgan fingerprint density at radius 2 is 2.43 bits per heavy atom. The highest BCUT2D eigenvalue weighted by molar-refractivity contribution is 5.79. The monoisotopic (exact) mass is 102 g/mol. The Kier molecular flexibility index (Phi) is 0.785. The zero-order valence-corrected chi connectivity index (χ0v) is 4.18. The summed E-state index contributed by atoms with van der Waals surface area (Å²) in [7, 11) is 0. The molecule has 0 radical (unpaired) electrons. The average Bonchev–Trinajstić information content (AvgIpc) is 1.68. The van der Waals surface area contributed by atoms with Crippen LogP contribution in [0.5, 0.6) is 0 Å². The largest absolute Gasteiger partial charge is 0.451 e. The molecule has 3 nitrogen and oxygen atoms in total. The molecule has 1 fully saturated rings. The molecule has 1 aliphatic heterocycles. The fourth-order valence-corrected chi connectivity index (χ4v) is 0.472. The average molecular weight is 102 g/mol. The van der Waals surface area contributed by atoms with Gasteiger partial charge in [0.25, 0.3) is 0 Å². The minimum Gasteiger partial charge on any atom is -0.451 e. The molecule has 40 valence electrons. The maximum absolute atomic E-state index is 10.2. The van der Waals surface area contributed by atoms with E-state index in [-0.39, 0.29) is 18.1 Å². The van der Waals surface area contributed by atoms with Gasteiger partial charge in [0, 0.05) is 0 Å². The zero-order valence-electron chi connectivity index (χ0n) is 4.18. The van der Waals surface area contributed by atoms with E-state index in [1.807, 2.05) is 6.92 Å². The third-order valence-corrected chi connectivity index (χ3v) is 1.17. The summed E-state index contributed by atoms with van der Waals surface area (Å²) >= 11 is 0. The molecule has 2 atom stereocenters. The molecule has 0 aromatic carbocycles. The number of esters is 1. The molecule has 0 unspecified atom stereocenters. The molecule has 1 saturated heterocycles. The number of rotatable bonds is 0. The highest BCUT2D eigenvalue weighted by atomic mass is 16.6. The van der Waals surface area contributed by atoms with Crippen molar-refractivity contribution in [3.05, 3.63) is 0 Å². The van der Waals surface area contributed by atoms with E-state index in [2.05, 4.69) is 10.5 Å². The maximum Gasteiger partial charge on any atom is 0.369 e. The van der Waals surface area contributed by atoms with Crippen LogP contribution in [0, 0.1) is 0 Å². The van der Waals surface area contributed by atoms with Crippen LogP contribution >= 0.6 is 0 Å². The molecule has 3 N–H and O–H groups in total. The standard InChI is InChI=1S/C4H7NO2/c1-2-3(5)4(6)7-2/h2-3H,5H2,1H3/p+1/t2-,3+/m0/s1. The van der Waals surface area contributed by atoms with E-state index < -0.39 is 0 Å². The molecule has 7 heavy (non-hydrogen) atoms. The summed E-state index contributed by atoms with van der Waals surface area (Å²) in [5.41, 5.74) is 3.53. The van der Waals surface area contributed by atoms with Crippen LogP contribution in [0.1, 0.15) is 6.92 Å². The van der Waals surface area contributed by atoms with Gasteiger partial charge in [-0.15, -0.1) is 0 Å². The molecule has 0 spiro atoms. The maximum atomic E-state index is 10.2. The molecule has 1 heterocycles. The highest BCUT2D eigenvalue weighted by Crippen LogP contribution is 2.07. The second-order valence-electron chi connectivity index (χ2n) is 1.75. The van der Waals surface area contributed by atoms with Crippen LogP contribution in [0.25, 0.3) is 0 Å². The molecule has 3 heteroatoms. The molecule has 0 aromatic heterocycles. The number of carbonyl (C=O) groups excluding carboxylic acids is 1. The number of hydrogen-bond donors (Lipinski definition) is 1. The van der Waals surface area contributed by atoms with Crippen LogP contribution in [0.4, 0.5) is 0 Å². The van der Waals surface area contributed by atoms with Crippen LogP contribution in [-0.2, 0) is 9.53 Å². The molecule has 1 rings (SSSR count). The number of ether oxygens (including phenoxy) is 1. The molecule has 0 aliphatic carbocycles. The van der Waals surface area contributed by atoms with E-state index in [1.54, 1.807) is 0 Å². The summed E-state index contributed by atoms with van der Waals surface area (Å²) in [5.74, 6) is -0.174. The van der Waals surface area contributed by atoms with E-state index in [9.17, 15) is 4.79 Å². The fraction of sp³-hybridized carbons (Fsp3) is 0.750. The van der Waals surface area contributed by atoms with Crippen molar-refractivity contribution in [2.24, 2.45) is 0 Å². The molecule has 0 aromatic rings. The van der Waals surface area contributed by atoms with E-state index in [0.717, 1.165) is 0 Å². The molecule has 0 bridgehead atoms. The van der Waals surface area contributed by atoms with Crippen molar-refractivity contribution in [2.75, 3.05) is 0 Å². The lowest BCUT2D eigenvalue weighted by Gasteiger charge is -2.25. The van der Waals surface area contributed by atoms with Crippen molar-refractivity contribution in [3.8, 4) is 0 Å². The first-order valence-electron chi connectivity index (χ1n) is 2.25. The summed E-state index contributed by atoms with van der Waals surface area (Å²) in [6.07, 6.45) is 0.0486. The first-order valence-corrected chi connectivity index (χ1v) is 2.25. The Hall–Kier alpha value is -0.570. The minimum atomic E-state index is -0.174. The van der Waals surface area contributed by atoms with Crippen molar-refractivity contribution in [1.82, 2.24) is 0 Å². The van der Waals surface area contributed by atoms with Gasteiger partial charge in [0.05, 0.1) is 0 Å². The summed E-state index contributed by atoms with van der Waals surface area (Å²) in [4.78, 5) is 10.2. The Morgan fingerprint density at radius 1 is 1.86 bits per heavy atom. The quantitative estimate of drug-likeness (QED) is 0.380. The predicted molar refractivity (Wildman–Crippen MR) is 22.2 cm³/mol. The van der Waals surface area contributed by atoms with E-state index in [1.165, 1.54) is 0 Å². The second-order valence-corrected chi connectivity index (χ2v) is 1.75. The minimum absolute atomic E-state index is 0.0486. The topological polar surface area (TPSA) is 53.9 Å². The van der Waals surface area contributed by atoms with Gasteiger partial charge in [0.1, 0.15) is 0 Å².